The fourth-order valence-electron chi connectivity index (χ4n) is 3.31. The van der Waals surface area contributed by atoms with Crippen LogP contribution in [-0.2, 0) is 11.8 Å². The van der Waals surface area contributed by atoms with Crippen LogP contribution in [0.15, 0.2) is 5.16 Å². The van der Waals surface area contributed by atoms with Gasteiger partial charge in [0.05, 0.1) is 11.4 Å². The number of carboxylic acid groups (broad SMARTS) is 1. The van der Waals surface area contributed by atoms with Gasteiger partial charge in [0.15, 0.2) is 10.8 Å². The molecule has 0 aliphatic heterocycles. The molecule has 2 aromatic rings. The molecule has 0 spiro atoms. The number of rotatable bonds is 4. The van der Waals surface area contributed by atoms with Crippen LogP contribution in [0.2, 0.25) is 0 Å². The Bertz CT molecular complexity index is 691. The molecule has 6 nitrogen and oxygen atoms in total. The molecule has 0 radical (unpaired) electrons. The molecule has 1 saturated carbocycles. The van der Waals surface area contributed by atoms with Gasteiger partial charge in [-0.1, -0.05) is 25.1 Å². The van der Waals surface area contributed by atoms with Crippen molar-refractivity contribution >= 4 is 28.9 Å². The Kier molecular flexibility index (Phi) is 3.69. The van der Waals surface area contributed by atoms with Crippen LogP contribution in [0, 0.1) is 12.8 Å². The molecule has 2 unspecified atom stereocenters. The zero-order chi connectivity index (χ0) is 15.1. The second-order valence-electron chi connectivity index (χ2n) is 5.80. The van der Waals surface area contributed by atoms with E-state index in [2.05, 4.69) is 21.6 Å². The first-order valence-corrected chi connectivity index (χ1v) is 8.23. The fraction of sp³-hybridized carbons (Fsp3) is 0.643. The lowest BCUT2D eigenvalue weighted by Gasteiger charge is -2.20. The van der Waals surface area contributed by atoms with Gasteiger partial charge in [-0.3, -0.25) is 9.48 Å². The first-order chi connectivity index (χ1) is 9.99. The Balaban J connectivity index is 2.12. The summed E-state index contributed by atoms with van der Waals surface area (Å²) in [4.78, 5) is 15.5. The molecule has 0 aromatic carbocycles. The van der Waals surface area contributed by atoms with E-state index in [1.165, 1.54) is 24.6 Å². The summed E-state index contributed by atoms with van der Waals surface area (Å²) < 4.78 is 4.09. The van der Waals surface area contributed by atoms with E-state index in [1.807, 2.05) is 18.7 Å². The number of hydrogen-bond donors (Lipinski definition) is 1. The maximum atomic E-state index is 10.9. The number of aryl methyl sites for hydroxylation is 2. The Hall–Kier alpha value is -1.50. The summed E-state index contributed by atoms with van der Waals surface area (Å²) >= 11 is 1.30. The number of imidazole rings is 1. The second kappa shape index (κ2) is 5.36. The first-order valence-electron chi connectivity index (χ1n) is 7.25. The number of carboxylic acids is 1. The third kappa shape index (κ3) is 2.43. The van der Waals surface area contributed by atoms with Crippen LogP contribution < -0.4 is 0 Å². The van der Waals surface area contributed by atoms with E-state index in [1.54, 1.807) is 0 Å². The number of thioether (sulfide) groups is 1. The molecular formula is C14H20N4O2S. The highest BCUT2D eigenvalue weighted by Crippen LogP contribution is 2.40. The smallest absolute Gasteiger partial charge is 0.313 e. The van der Waals surface area contributed by atoms with E-state index in [0.717, 1.165) is 28.4 Å². The standard InChI is InChI=1S/C14H20N4O2S/c1-8-5-4-6-10(8)18-13-12(9(2)16-17(13)3)15-14(18)21-7-11(19)20/h8,10H,4-7H2,1-3H3,(H,19,20). The highest BCUT2D eigenvalue weighted by Gasteiger charge is 2.30. The van der Waals surface area contributed by atoms with Crippen molar-refractivity contribution in [3.63, 3.8) is 0 Å². The minimum Gasteiger partial charge on any atom is -0.481 e. The van der Waals surface area contributed by atoms with Crippen molar-refractivity contribution in [3.8, 4) is 0 Å². The maximum absolute atomic E-state index is 10.9. The third-order valence-electron chi connectivity index (χ3n) is 4.28. The van der Waals surface area contributed by atoms with Crippen molar-refractivity contribution in [1.29, 1.82) is 0 Å². The number of carbonyl (C=O) groups is 1. The predicted molar refractivity (Wildman–Crippen MR) is 81.6 cm³/mol. The topological polar surface area (TPSA) is 72.9 Å². The van der Waals surface area contributed by atoms with Gasteiger partial charge in [-0.2, -0.15) is 5.10 Å². The summed E-state index contributed by atoms with van der Waals surface area (Å²) in [6, 6.07) is 0.390. The van der Waals surface area contributed by atoms with Crippen molar-refractivity contribution in [1.82, 2.24) is 19.3 Å². The number of aromatic nitrogens is 4. The SMILES string of the molecule is Cc1nn(C)c2c1nc(SCC(=O)O)n2C1CCCC1C. The molecule has 0 bridgehead atoms. The highest BCUT2D eigenvalue weighted by atomic mass is 32.2. The van der Waals surface area contributed by atoms with Gasteiger partial charge in [-0.25, -0.2) is 4.98 Å². The second-order valence-corrected chi connectivity index (χ2v) is 6.75. The molecule has 1 aliphatic carbocycles. The van der Waals surface area contributed by atoms with Gasteiger partial charge in [-0.05, 0) is 25.7 Å². The molecule has 0 amide bonds. The van der Waals surface area contributed by atoms with Crippen LogP contribution in [0.3, 0.4) is 0 Å². The lowest BCUT2D eigenvalue weighted by molar-refractivity contribution is -0.133. The van der Waals surface area contributed by atoms with Crippen molar-refractivity contribution in [2.24, 2.45) is 13.0 Å². The highest BCUT2D eigenvalue weighted by molar-refractivity contribution is 7.99. The normalized spacial score (nSPS) is 22.2. The lowest BCUT2D eigenvalue weighted by atomic mass is 10.1. The van der Waals surface area contributed by atoms with Gasteiger partial charge < -0.3 is 9.67 Å². The summed E-state index contributed by atoms with van der Waals surface area (Å²) in [5, 5.41) is 14.2. The zero-order valence-corrected chi connectivity index (χ0v) is 13.4. The van der Waals surface area contributed by atoms with E-state index in [4.69, 9.17) is 5.11 Å². The molecule has 21 heavy (non-hydrogen) atoms. The Labute approximate surface area is 127 Å². The minimum absolute atomic E-state index is 0.0386. The predicted octanol–water partition coefficient (Wildman–Crippen LogP) is 2.62. The Morgan fingerprint density at radius 2 is 2.24 bits per heavy atom. The number of aliphatic carboxylic acids is 1. The van der Waals surface area contributed by atoms with Crippen LogP contribution >= 0.6 is 11.8 Å². The first kappa shape index (κ1) is 14.4. The Morgan fingerprint density at radius 3 is 2.86 bits per heavy atom. The largest absolute Gasteiger partial charge is 0.481 e. The molecule has 7 heteroatoms. The van der Waals surface area contributed by atoms with Gasteiger partial charge in [0.25, 0.3) is 0 Å². The van der Waals surface area contributed by atoms with Gasteiger partial charge in [0, 0.05) is 13.1 Å². The minimum atomic E-state index is -0.812. The monoisotopic (exact) mass is 308 g/mol. The van der Waals surface area contributed by atoms with Gasteiger partial charge in [-0.15, -0.1) is 0 Å². The molecule has 2 atom stereocenters. The maximum Gasteiger partial charge on any atom is 0.313 e. The summed E-state index contributed by atoms with van der Waals surface area (Å²) in [5.41, 5.74) is 2.80. The van der Waals surface area contributed by atoms with Crippen LogP contribution in [0.1, 0.15) is 37.9 Å². The van der Waals surface area contributed by atoms with E-state index >= 15 is 0 Å². The number of nitrogens with zero attached hydrogens (tertiary/aromatic N) is 4. The average molecular weight is 308 g/mol. The third-order valence-corrected chi connectivity index (χ3v) is 5.21. The van der Waals surface area contributed by atoms with Crippen molar-refractivity contribution in [3.05, 3.63) is 5.69 Å². The zero-order valence-electron chi connectivity index (χ0n) is 12.5. The van der Waals surface area contributed by atoms with Crippen LogP contribution in [0.5, 0.6) is 0 Å². The molecular weight excluding hydrogens is 288 g/mol. The summed E-state index contributed by atoms with van der Waals surface area (Å²) in [7, 11) is 1.93. The molecule has 114 valence electrons. The van der Waals surface area contributed by atoms with E-state index in [9.17, 15) is 4.79 Å². The summed E-state index contributed by atoms with van der Waals surface area (Å²) in [6.07, 6.45) is 3.55. The van der Waals surface area contributed by atoms with E-state index in [-0.39, 0.29) is 5.75 Å². The van der Waals surface area contributed by atoms with Gasteiger partial charge in [0.2, 0.25) is 0 Å². The quantitative estimate of drug-likeness (QED) is 0.879. The Morgan fingerprint density at radius 1 is 1.48 bits per heavy atom. The van der Waals surface area contributed by atoms with Gasteiger partial charge >= 0.3 is 5.97 Å². The van der Waals surface area contributed by atoms with E-state index in [0.29, 0.717) is 12.0 Å². The molecule has 3 rings (SSSR count). The van der Waals surface area contributed by atoms with Crippen LogP contribution in [0.4, 0.5) is 0 Å². The summed E-state index contributed by atoms with van der Waals surface area (Å²) in [6.45, 7) is 4.21. The van der Waals surface area contributed by atoms with Crippen LogP contribution in [0.25, 0.3) is 11.2 Å². The average Bonchev–Trinajstić information content (AvgIpc) is 3.05. The fourth-order valence-corrected chi connectivity index (χ4v) is 4.08. The number of fused-ring (bicyclic) bond motifs is 1. The van der Waals surface area contributed by atoms with Gasteiger partial charge in [0.1, 0.15) is 5.52 Å². The molecule has 0 saturated heterocycles. The molecule has 2 aromatic heterocycles. The van der Waals surface area contributed by atoms with Crippen LogP contribution in [-0.4, -0.2) is 36.2 Å². The molecule has 2 heterocycles. The van der Waals surface area contributed by atoms with Crippen molar-refractivity contribution in [2.75, 3.05) is 5.75 Å². The molecule has 1 fully saturated rings. The molecule has 1 aliphatic rings. The lowest BCUT2D eigenvalue weighted by Crippen LogP contribution is -2.15. The number of hydrogen-bond acceptors (Lipinski definition) is 4. The van der Waals surface area contributed by atoms with Crippen molar-refractivity contribution < 1.29 is 9.90 Å². The summed E-state index contributed by atoms with van der Waals surface area (Å²) in [5.74, 6) is -0.189. The van der Waals surface area contributed by atoms with E-state index < -0.39 is 5.97 Å². The molecule has 1 N–H and O–H groups in total. The van der Waals surface area contributed by atoms with Crippen molar-refractivity contribution in [2.45, 2.75) is 44.3 Å².